The average molecular weight is 481 g/mol. The molecule has 0 heterocycles. The van der Waals surface area contributed by atoms with Crippen LogP contribution < -0.4 is 5.32 Å². The molecule has 0 aliphatic heterocycles. The van der Waals surface area contributed by atoms with Gasteiger partial charge in [0, 0.05) is 26.0 Å². The smallest absolute Gasteiger partial charge is 0.271 e. The van der Waals surface area contributed by atoms with E-state index in [1.807, 2.05) is 18.2 Å². The monoisotopic (exact) mass is 478 g/mol. The Morgan fingerprint density at radius 3 is 2.43 bits per heavy atom. The second-order valence-electron chi connectivity index (χ2n) is 4.31. The van der Waals surface area contributed by atoms with Crippen molar-refractivity contribution in [1.29, 1.82) is 0 Å². The first-order valence-corrected chi connectivity index (χ1v) is 9.14. The van der Waals surface area contributed by atoms with Gasteiger partial charge >= 0.3 is 0 Å². The molecule has 0 spiro atoms. The van der Waals surface area contributed by atoms with E-state index < -0.39 is 4.92 Å². The molecule has 0 aliphatic carbocycles. The minimum absolute atomic E-state index is 0.0767. The molecule has 2 rings (SSSR count). The highest BCUT2D eigenvalue weighted by molar-refractivity contribution is 9.11. The van der Waals surface area contributed by atoms with Crippen LogP contribution in [-0.4, -0.2) is 16.6 Å². The van der Waals surface area contributed by atoms with Gasteiger partial charge in [0.1, 0.15) is 0 Å². The van der Waals surface area contributed by atoms with Gasteiger partial charge in [-0.15, -0.1) is 11.8 Å². The van der Waals surface area contributed by atoms with Crippen LogP contribution in [0.1, 0.15) is 0 Å². The van der Waals surface area contributed by atoms with E-state index in [1.165, 1.54) is 23.9 Å². The lowest BCUT2D eigenvalue weighted by molar-refractivity contribution is -0.385. The number of thioether (sulfide) groups is 1. The summed E-state index contributed by atoms with van der Waals surface area (Å²) >= 11 is 13.8. The third-order valence-corrected chi connectivity index (χ3v) is 5.46. The fourth-order valence-electron chi connectivity index (χ4n) is 1.67. The summed E-state index contributed by atoms with van der Waals surface area (Å²) < 4.78 is 0.851. The number of nitrogens with one attached hydrogen (secondary N) is 1. The van der Waals surface area contributed by atoms with Crippen molar-refractivity contribution in [3.63, 3.8) is 0 Å². The number of carbonyl (C=O) groups excluding carboxylic acids is 1. The van der Waals surface area contributed by atoms with Gasteiger partial charge in [0.05, 0.1) is 21.4 Å². The Morgan fingerprint density at radius 2 is 1.87 bits per heavy atom. The van der Waals surface area contributed by atoms with Crippen molar-refractivity contribution >= 4 is 72.5 Å². The van der Waals surface area contributed by atoms with Crippen molar-refractivity contribution in [2.24, 2.45) is 0 Å². The summed E-state index contributed by atoms with van der Waals surface area (Å²) in [4.78, 5) is 23.2. The van der Waals surface area contributed by atoms with E-state index in [2.05, 4.69) is 37.2 Å². The number of anilines is 1. The zero-order chi connectivity index (χ0) is 17.0. The fourth-order valence-corrected chi connectivity index (χ4v) is 4.06. The molecule has 0 atom stereocenters. The van der Waals surface area contributed by atoms with E-state index in [-0.39, 0.29) is 17.3 Å². The lowest BCUT2D eigenvalue weighted by atomic mass is 10.3. The van der Waals surface area contributed by atoms with E-state index in [4.69, 9.17) is 11.6 Å². The number of hydrogen-bond donors (Lipinski definition) is 1. The van der Waals surface area contributed by atoms with Crippen molar-refractivity contribution in [1.82, 2.24) is 0 Å². The number of non-ortho nitro benzene ring substituents is 1. The van der Waals surface area contributed by atoms with Crippen molar-refractivity contribution < 1.29 is 9.72 Å². The van der Waals surface area contributed by atoms with Crippen molar-refractivity contribution in [2.75, 3.05) is 11.1 Å². The average Bonchev–Trinajstić information content (AvgIpc) is 2.49. The highest BCUT2D eigenvalue weighted by Gasteiger charge is 2.16. The first kappa shape index (κ1) is 18.3. The van der Waals surface area contributed by atoms with Crippen molar-refractivity contribution in [2.45, 2.75) is 4.90 Å². The quantitative estimate of drug-likeness (QED) is 0.348. The van der Waals surface area contributed by atoms with Gasteiger partial charge in [0.15, 0.2) is 0 Å². The Bertz CT molecular complexity index is 750. The molecule has 2 aromatic carbocycles. The molecular formula is C14H9Br2ClN2O3S. The third-order valence-electron chi connectivity index (χ3n) is 2.70. The summed E-state index contributed by atoms with van der Waals surface area (Å²) in [6.07, 6.45) is 0. The summed E-state index contributed by atoms with van der Waals surface area (Å²) in [6, 6.07) is 9.92. The van der Waals surface area contributed by atoms with Gasteiger partial charge in [-0.1, -0.05) is 23.7 Å². The molecule has 2 aromatic rings. The molecule has 0 aliphatic rings. The maximum atomic E-state index is 12.1. The summed E-state index contributed by atoms with van der Waals surface area (Å²) in [5.41, 5.74) is 0.368. The van der Waals surface area contributed by atoms with Crippen molar-refractivity contribution in [3.05, 3.63) is 60.5 Å². The predicted octanol–water partition coefficient (Wildman–Crippen LogP) is 5.50. The number of nitro groups is 1. The van der Waals surface area contributed by atoms with Crippen LogP contribution in [0, 0.1) is 10.1 Å². The van der Waals surface area contributed by atoms with Gasteiger partial charge in [-0.3, -0.25) is 14.9 Å². The molecule has 1 N–H and O–H groups in total. The minimum Gasteiger partial charge on any atom is -0.323 e. The molecule has 0 saturated carbocycles. The molecule has 9 heteroatoms. The van der Waals surface area contributed by atoms with Crippen LogP contribution in [0.3, 0.4) is 0 Å². The molecule has 0 unspecified atom stereocenters. The predicted molar refractivity (Wildman–Crippen MR) is 99.3 cm³/mol. The van der Waals surface area contributed by atoms with Crippen molar-refractivity contribution in [3.8, 4) is 0 Å². The summed E-state index contributed by atoms with van der Waals surface area (Å²) in [5, 5.41) is 14.1. The maximum Gasteiger partial charge on any atom is 0.271 e. The van der Waals surface area contributed by atoms with Gasteiger partial charge in [-0.05, 0) is 44.0 Å². The molecule has 0 aromatic heterocycles. The van der Waals surface area contributed by atoms with Crippen LogP contribution in [0.25, 0.3) is 0 Å². The van der Waals surface area contributed by atoms with Crippen LogP contribution in [0.4, 0.5) is 11.4 Å². The summed E-state index contributed by atoms with van der Waals surface area (Å²) in [7, 11) is 0. The largest absolute Gasteiger partial charge is 0.323 e. The third kappa shape index (κ3) is 4.94. The first-order valence-electron chi connectivity index (χ1n) is 6.19. The van der Waals surface area contributed by atoms with E-state index in [9.17, 15) is 14.9 Å². The number of nitrogens with zero attached hydrogens (tertiary/aromatic N) is 1. The Kier molecular flexibility index (Phi) is 6.46. The van der Waals surface area contributed by atoms with E-state index >= 15 is 0 Å². The van der Waals surface area contributed by atoms with Crippen LogP contribution in [0.2, 0.25) is 5.02 Å². The highest BCUT2D eigenvalue weighted by Crippen LogP contribution is 2.35. The molecule has 120 valence electrons. The Balaban J connectivity index is 2.06. The van der Waals surface area contributed by atoms with Gasteiger partial charge in [0.2, 0.25) is 5.91 Å². The minimum atomic E-state index is -0.506. The van der Waals surface area contributed by atoms with Gasteiger partial charge in [0.25, 0.3) is 5.69 Å². The first-order chi connectivity index (χ1) is 10.9. The number of nitro benzene ring substituents is 1. The zero-order valence-corrected chi connectivity index (χ0v) is 16.1. The number of amides is 1. The maximum absolute atomic E-state index is 12.1. The number of benzene rings is 2. The Labute approximate surface area is 158 Å². The lowest BCUT2D eigenvalue weighted by Gasteiger charge is -2.10. The van der Waals surface area contributed by atoms with Crippen LogP contribution in [-0.2, 0) is 4.79 Å². The molecule has 0 radical (unpaired) electrons. The number of hydrogen-bond acceptors (Lipinski definition) is 4. The molecule has 0 saturated heterocycles. The molecule has 1 amide bonds. The summed E-state index contributed by atoms with van der Waals surface area (Å²) in [6.45, 7) is 0. The SMILES string of the molecule is O=C(CSc1ccccc1Cl)Nc1c(Br)cc([N+](=O)[O-])cc1Br. The number of rotatable bonds is 5. The fraction of sp³-hybridized carbons (Fsp3) is 0.0714. The van der Waals surface area contributed by atoms with Gasteiger partial charge in [-0.2, -0.15) is 0 Å². The van der Waals surface area contributed by atoms with Crippen LogP contribution in [0.15, 0.2) is 50.2 Å². The van der Waals surface area contributed by atoms with Gasteiger partial charge in [-0.25, -0.2) is 0 Å². The van der Waals surface area contributed by atoms with Gasteiger partial charge < -0.3 is 5.32 Å². The second-order valence-corrected chi connectivity index (χ2v) is 7.44. The Hall–Kier alpha value is -1.09. The van der Waals surface area contributed by atoms with E-state index in [0.29, 0.717) is 19.7 Å². The van der Waals surface area contributed by atoms with Crippen LogP contribution >= 0.6 is 55.2 Å². The molecule has 0 fully saturated rings. The van der Waals surface area contributed by atoms with E-state index in [1.54, 1.807) is 6.07 Å². The molecule has 5 nitrogen and oxygen atoms in total. The lowest BCUT2D eigenvalue weighted by Crippen LogP contribution is -2.15. The topological polar surface area (TPSA) is 72.2 Å². The second kappa shape index (κ2) is 8.14. The molecule has 0 bridgehead atoms. The molecule has 23 heavy (non-hydrogen) atoms. The number of carbonyl (C=O) groups is 1. The van der Waals surface area contributed by atoms with E-state index in [0.717, 1.165) is 4.90 Å². The normalized spacial score (nSPS) is 10.4. The van der Waals surface area contributed by atoms with Crippen LogP contribution in [0.5, 0.6) is 0 Å². The standard InChI is InChI=1S/C14H9Br2ClN2O3S/c15-9-5-8(19(21)22)6-10(16)14(9)18-13(20)7-23-12-4-2-1-3-11(12)17/h1-6H,7H2,(H,18,20). The zero-order valence-electron chi connectivity index (χ0n) is 11.4. The Morgan fingerprint density at radius 1 is 1.26 bits per heavy atom. The summed E-state index contributed by atoms with van der Waals surface area (Å²) in [5.74, 6) is -0.0789. The molecular weight excluding hydrogens is 471 g/mol. The highest BCUT2D eigenvalue weighted by atomic mass is 79.9. The number of halogens is 3.